The molecule has 1 amide bonds. The number of rotatable bonds is 1. The van der Waals surface area contributed by atoms with E-state index in [-0.39, 0.29) is 16.9 Å². The summed E-state index contributed by atoms with van der Waals surface area (Å²) in [5, 5.41) is 3.49. The number of pyridine rings is 1. The number of nitrogens with zero attached hydrogens (tertiary/aromatic N) is 2. The van der Waals surface area contributed by atoms with Gasteiger partial charge in [-0.2, -0.15) is 13.2 Å². The van der Waals surface area contributed by atoms with Crippen molar-refractivity contribution in [2.45, 2.75) is 6.18 Å². The fourth-order valence-electron chi connectivity index (χ4n) is 1.42. The second kappa shape index (κ2) is 3.22. The fourth-order valence-corrected chi connectivity index (χ4v) is 1.42. The second-order valence-electron chi connectivity index (χ2n) is 3.09. The molecule has 0 saturated heterocycles. The van der Waals surface area contributed by atoms with Crippen molar-refractivity contribution in [3.8, 4) is 0 Å². The Hall–Kier alpha value is -2.05. The highest BCUT2D eigenvalue weighted by atomic mass is 19.4. The summed E-state index contributed by atoms with van der Waals surface area (Å²) in [7, 11) is 0. The molecule has 0 aliphatic carbocycles. The van der Waals surface area contributed by atoms with Crippen LogP contribution in [0.15, 0.2) is 18.5 Å². The van der Waals surface area contributed by atoms with Gasteiger partial charge in [-0.1, -0.05) is 0 Å². The Bertz CT molecular complexity index is 493. The van der Waals surface area contributed by atoms with Crippen LogP contribution in [0.4, 0.5) is 19.0 Å². The average molecular weight is 228 g/mol. The predicted octanol–water partition coefficient (Wildman–Crippen LogP) is 1.33. The summed E-state index contributed by atoms with van der Waals surface area (Å²) in [6, 6.07) is 1.14. The number of hydrogen-bond acceptors (Lipinski definition) is 2. The van der Waals surface area contributed by atoms with Crippen LogP contribution >= 0.6 is 0 Å². The van der Waals surface area contributed by atoms with Crippen molar-refractivity contribution in [3.05, 3.63) is 29.6 Å². The first-order valence-corrected chi connectivity index (χ1v) is 4.18. The van der Waals surface area contributed by atoms with Crippen LogP contribution in [-0.4, -0.2) is 17.1 Å². The van der Waals surface area contributed by atoms with Gasteiger partial charge in [-0.05, 0) is 6.07 Å². The Morgan fingerprint density at radius 1 is 1.38 bits per heavy atom. The lowest BCUT2D eigenvalue weighted by molar-refractivity contribution is -0.0688. The molecule has 2 N–H and O–H groups in total. The molecule has 4 nitrogen and oxygen atoms in total. The molecule has 83 valence electrons. The maximum atomic E-state index is 12.6. The van der Waals surface area contributed by atoms with E-state index in [1.807, 2.05) is 0 Å². The molecule has 0 saturated carbocycles. The monoisotopic (exact) mass is 228 g/mol. The molecule has 0 unspecified atom stereocenters. The lowest BCUT2D eigenvalue weighted by Crippen LogP contribution is -2.17. The largest absolute Gasteiger partial charge is 0.418 e. The first kappa shape index (κ1) is 10.5. The molecular weight excluding hydrogens is 223 g/mol. The SMILES string of the molecule is NC(=O)c1ccnc2c1C(C(F)(F)F)=C[N]2. The third-order valence-electron chi connectivity index (χ3n) is 2.09. The minimum Gasteiger partial charge on any atom is -0.366 e. The van der Waals surface area contributed by atoms with Crippen LogP contribution in [0, 0.1) is 0 Å². The van der Waals surface area contributed by atoms with Crippen molar-refractivity contribution in [2.24, 2.45) is 5.73 Å². The van der Waals surface area contributed by atoms with Gasteiger partial charge in [-0.25, -0.2) is 10.3 Å². The molecule has 7 heteroatoms. The number of primary amides is 1. The Morgan fingerprint density at radius 3 is 2.62 bits per heavy atom. The maximum Gasteiger partial charge on any atom is 0.418 e. The van der Waals surface area contributed by atoms with Crippen molar-refractivity contribution in [1.29, 1.82) is 0 Å². The molecule has 2 heterocycles. The molecule has 0 fully saturated rings. The van der Waals surface area contributed by atoms with Gasteiger partial charge < -0.3 is 5.73 Å². The number of carbonyl (C=O) groups is 1. The highest BCUT2D eigenvalue weighted by Gasteiger charge is 2.41. The number of aromatic nitrogens is 1. The lowest BCUT2D eigenvalue weighted by atomic mass is 10.0. The van der Waals surface area contributed by atoms with E-state index >= 15 is 0 Å². The first-order valence-electron chi connectivity index (χ1n) is 4.18. The number of nitrogens with two attached hydrogens (primary N) is 1. The van der Waals surface area contributed by atoms with Gasteiger partial charge in [0.2, 0.25) is 5.91 Å². The number of amides is 1. The van der Waals surface area contributed by atoms with Crippen LogP contribution in [0.3, 0.4) is 0 Å². The highest BCUT2D eigenvalue weighted by molar-refractivity contribution is 6.01. The highest BCUT2D eigenvalue weighted by Crippen LogP contribution is 2.41. The molecule has 1 aliphatic rings. The van der Waals surface area contributed by atoms with E-state index in [1.54, 1.807) is 0 Å². The van der Waals surface area contributed by atoms with Gasteiger partial charge in [0.05, 0.1) is 11.1 Å². The van der Waals surface area contributed by atoms with Gasteiger partial charge in [-0.15, -0.1) is 0 Å². The van der Waals surface area contributed by atoms with Crippen molar-refractivity contribution in [3.63, 3.8) is 0 Å². The number of fused-ring (bicyclic) bond motifs is 1. The molecule has 1 aromatic rings. The molecule has 2 rings (SSSR count). The summed E-state index contributed by atoms with van der Waals surface area (Å²) in [4.78, 5) is 14.6. The summed E-state index contributed by atoms with van der Waals surface area (Å²) in [5.41, 5.74) is 3.42. The van der Waals surface area contributed by atoms with E-state index in [4.69, 9.17) is 5.73 Å². The molecule has 0 atom stereocenters. The second-order valence-corrected chi connectivity index (χ2v) is 3.09. The molecular formula is C9H5F3N3O. The van der Waals surface area contributed by atoms with Crippen molar-refractivity contribution >= 4 is 17.3 Å². The van der Waals surface area contributed by atoms with Crippen LogP contribution in [0.2, 0.25) is 0 Å². The lowest BCUT2D eigenvalue weighted by Gasteiger charge is -2.10. The van der Waals surface area contributed by atoms with Crippen molar-refractivity contribution in [2.75, 3.05) is 0 Å². The normalized spacial score (nSPS) is 14.1. The quantitative estimate of drug-likeness (QED) is 0.787. The number of hydrogen-bond donors (Lipinski definition) is 1. The summed E-state index contributed by atoms with van der Waals surface area (Å²) in [6.45, 7) is 0. The minimum atomic E-state index is -4.58. The third-order valence-corrected chi connectivity index (χ3v) is 2.09. The van der Waals surface area contributed by atoms with E-state index in [0.29, 0.717) is 6.20 Å². The Balaban J connectivity index is 2.62. The Kier molecular flexibility index (Phi) is 2.11. The fraction of sp³-hybridized carbons (Fsp3) is 0.111. The molecule has 1 aliphatic heterocycles. The van der Waals surface area contributed by atoms with E-state index in [1.165, 1.54) is 6.20 Å². The van der Waals surface area contributed by atoms with E-state index in [9.17, 15) is 18.0 Å². The molecule has 16 heavy (non-hydrogen) atoms. The van der Waals surface area contributed by atoms with Gasteiger partial charge in [-0.3, -0.25) is 4.79 Å². The van der Waals surface area contributed by atoms with Crippen molar-refractivity contribution < 1.29 is 18.0 Å². The molecule has 0 bridgehead atoms. The minimum absolute atomic E-state index is 0.136. The number of allylic oxidation sites excluding steroid dienone is 1. The van der Waals surface area contributed by atoms with Crippen LogP contribution in [0.5, 0.6) is 0 Å². The topological polar surface area (TPSA) is 70.1 Å². The van der Waals surface area contributed by atoms with Crippen LogP contribution < -0.4 is 11.1 Å². The van der Waals surface area contributed by atoms with Gasteiger partial charge >= 0.3 is 6.18 Å². The van der Waals surface area contributed by atoms with Crippen molar-refractivity contribution in [1.82, 2.24) is 10.3 Å². The molecule has 0 aromatic carbocycles. The van der Waals surface area contributed by atoms with Gasteiger partial charge in [0, 0.05) is 18.0 Å². The van der Waals surface area contributed by atoms with Gasteiger partial charge in [0.25, 0.3) is 0 Å². The predicted molar refractivity (Wildman–Crippen MR) is 48.6 cm³/mol. The zero-order valence-corrected chi connectivity index (χ0v) is 7.75. The third kappa shape index (κ3) is 1.50. The smallest absolute Gasteiger partial charge is 0.366 e. The maximum absolute atomic E-state index is 12.6. The summed E-state index contributed by atoms with van der Waals surface area (Å²) >= 11 is 0. The van der Waals surface area contributed by atoms with E-state index < -0.39 is 17.7 Å². The zero-order chi connectivity index (χ0) is 11.9. The first-order chi connectivity index (χ1) is 7.41. The van der Waals surface area contributed by atoms with Gasteiger partial charge in [0.15, 0.2) is 5.82 Å². The average Bonchev–Trinajstić information content (AvgIpc) is 2.59. The summed E-state index contributed by atoms with van der Waals surface area (Å²) in [6.07, 6.45) is -2.75. The molecule has 1 radical (unpaired) electrons. The number of carbonyl (C=O) groups excluding carboxylic acids is 1. The standard InChI is InChI=1S/C9H5F3N3O/c10-9(11,12)5-3-15-8-6(5)4(7(13)16)1-2-14-8/h1-3H,(H2,13,16). The zero-order valence-electron chi connectivity index (χ0n) is 7.75. The Labute approximate surface area is 88.0 Å². The molecule has 0 spiro atoms. The van der Waals surface area contributed by atoms with Crippen LogP contribution in [0.25, 0.3) is 5.57 Å². The van der Waals surface area contributed by atoms with E-state index in [2.05, 4.69) is 10.3 Å². The summed E-state index contributed by atoms with van der Waals surface area (Å²) < 4.78 is 37.7. The number of halogens is 3. The Morgan fingerprint density at radius 2 is 2.06 bits per heavy atom. The van der Waals surface area contributed by atoms with Crippen LogP contribution in [0.1, 0.15) is 15.9 Å². The number of alkyl halides is 3. The van der Waals surface area contributed by atoms with Crippen LogP contribution in [-0.2, 0) is 0 Å². The summed E-state index contributed by atoms with van der Waals surface area (Å²) in [5.74, 6) is -1.07. The van der Waals surface area contributed by atoms with Gasteiger partial charge in [0.1, 0.15) is 0 Å². The van der Waals surface area contributed by atoms with E-state index in [0.717, 1.165) is 6.07 Å². The molecule has 1 aromatic heterocycles.